The predicted molar refractivity (Wildman–Crippen MR) is 51.0 cm³/mol. The van der Waals surface area contributed by atoms with Crippen molar-refractivity contribution in [2.24, 2.45) is 0 Å². The maximum absolute atomic E-state index is 13.6. The summed E-state index contributed by atoms with van der Waals surface area (Å²) in [4.78, 5) is 0. The van der Waals surface area contributed by atoms with Crippen LogP contribution in [-0.4, -0.2) is 5.11 Å². The van der Waals surface area contributed by atoms with Gasteiger partial charge in [-0.05, 0) is 24.0 Å². The molecule has 0 fully saturated rings. The lowest BCUT2D eigenvalue weighted by Gasteiger charge is -2.13. The largest absolute Gasteiger partial charge is 0.391 e. The smallest absolute Gasteiger partial charge is 0.167 e. The van der Waals surface area contributed by atoms with Crippen LogP contribution in [0.3, 0.4) is 0 Å². The van der Waals surface area contributed by atoms with Gasteiger partial charge in [-0.3, -0.25) is 0 Å². The lowest BCUT2D eigenvalue weighted by molar-refractivity contribution is 0.265. The van der Waals surface area contributed by atoms with Crippen molar-refractivity contribution in [2.75, 3.05) is 0 Å². The van der Waals surface area contributed by atoms with Crippen LogP contribution in [0.15, 0.2) is 0 Å². The average molecular weight is 218 g/mol. The molecule has 1 N–H and O–H groups in total. The van der Waals surface area contributed by atoms with Gasteiger partial charge in [0.15, 0.2) is 11.6 Å². The second kappa shape index (κ2) is 4.66. The van der Waals surface area contributed by atoms with E-state index in [0.717, 1.165) is 0 Å². The third kappa shape index (κ3) is 1.86. The minimum Gasteiger partial charge on any atom is -0.391 e. The van der Waals surface area contributed by atoms with Crippen molar-refractivity contribution in [3.05, 3.63) is 34.1 Å². The summed E-state index contributed by atoms with van der Waals surface area (Å²) < 4.78 is 40.3. The van der Waals surface area contributed by atoms with Gasteiger partial charge >= 0.3 is 0 Å². The second-order valence-electron chi connectivity index (χ2n) is 3.24. The Morgan fingerprint density at radius 1 is 0.800 bits per heavy atom. The molecule has 0 bridgehead atoms. The normalized spacial score (nSPS) is 10.8. The highest BCUT2D eigenvalue weighted by molar-refractivity contribution is 5.36. The molecule has 0 aliphatic carbocycles. The van der Waals surface area contributed by atoms with Gasteiger partial charge in [-0.15, -0.1) is 0 Å². The zero-order chi connectivity index (χ0) is 11.6. The molecule has 0 atom stereocenters. The van der Waals surface area contributed by atoms with Crippen LogP contribution < -0.4 is 0 Å². The van der Waals surface area contributed by atoms with Crippen LogP contribution in [0, 0.1) is 17.5 Å². The summed E-state index contributed by atoms with van der Waals surface area (Å²) in [5, 5.41) is 8.76. The molecule has 0 aliphatic rings. The van der Waals surface area contributed by atoms with E-state index in [1.165, 1.54) is 0 Å². The summed E-state index contributed by atoms with van der Waals surface area (Å²) in [6.07, 6.45) is 0.508. The molecule has 1 nitrogen and oxygen atoms in total. The van der Waals surface area contributed by atoms with Crippen LogP contribution in [-0.2, 0) is 19.4 Å². The molecular formula is C11H13F3O. The van der Waals surface area contributed by atoms with Crippen LogP contribution in [0.5, 0.6) is 0 Å². The van der Waals surface area contributed by atoms with Crippen molar-refractivity contribution in [1.29, 1.82) is 0 Å². The second-order valence-corrected chi connectivity index (χ2v) is 3.24. The highest BCUT2D eigenvalue weighted by Gasteiger charge is 2.22. The molecule has 0 radical (unpaired) electrons. The third-order valence-corrected chi connectivity index (χ3v) is 2.48. The number of aliphatic hydroxyl groups is 1. The van der Waals surface area contributed by atoms with E-state index in [9.17, 15) is 13.2 Å². The maximum Gasteiger partial charge on any atom is 0.167 e. The molecule has 84 valence electrons. The first-order valence-corrected chi connectivity index (χ1v) is 4.86. The fourth-order valence-electron chi connectivity index (χ4n) is 1.68. The van der Waals surface area contributed by atoms with Crippen LogP contribution >= 0.6 is 0 Å². The van der Waals surface area contributed by atoms with Gasteiger partial charge in [0.05, 0.1) is 12.2 Å². The van der Waals surface area contributed by atoms with Crippen LogP contribution in [0.2, 0.25) is 0 Å². The topological polar surface area (TPSA) is 20.2 Å². The fraction of sp³-hybridized carbons (Fsp3) is 0.455. The van der Waals surface area contributed by atoms with E-state index in [1.54, 1.807) is 13.8 Å². The highest BCUT2D eigenvalue weighted by atomic mass is 19.2. The number of benzene rings is 1. The van der Waals surface area contributed by atoms with Gasteiger partial charge in [-0.25, -0.2) is 13.2 Å². The Hall–Kier alpha value is -1.03. The van der Waals surface area contributed by atoms with E-state index in [0.29, 0.717) is 0 Å². The minimum absolute atomic E-state index is 0.0599. The number of aliphatic hydroxyl groups excluding tert-OH is 1. The lowest BCUT2D eigenvalue weighted by Crippen LogP contribution is -2.09. The molecular weight excluding hydrogens is 205 g/mol. The van der Waals surface area contributed by atoms with Crippen molar-refractivity contribution in [1.82, 2.24) is 0 Å². The highest BCUT2D eigenvalue weighted by Crippen LogP contribution is 2.26. The van der Waals surface area contributed by atoms with Gasteiger partial charge in [0.1, 0.15) is 5.82 Å². The van der Waals surface area contributed by atoms with E-state index in [1.807, 2.05) is 0 Å². The number of hydrogen-bond acceptors (Lipinski definition) is 1. The molecule has 0 aromatic heterocycles. The van der Waals surface area contributed by atoms with Crippen LogP contribution in [0.4, 0.5) is 13.2 Å². The van der Waals surface area contributed by atoms with Crippen molar-refractivity contribution in [3.63, 3.8) is 0 Å². The van der Waals surface area contributed by atoms with Crippen molar-refractivity contribution in [3.8, 4) is 0 Å². The predicted octanol–water partition coefficient (Wildman–Crippen LogP) is 2.72. The Bertz CT molecular complexity index is 375. The molecule has 0 heterocycles. The molecule has 0 aliphatic heterocycles. The van der Waals surface area contributed by atoms with Gasteiger partial charge in [0.25, 0.3) is 0 Å². The summed E-state index contributed by atoms with van der Waals surface area (Å²) in [7, 11) is 0. The number of rotatable bonds is 3. The molecule has 1 rings (SSSR count). The van der Waals surface area contributed by atoms with Crippen molar-refractivity contribution < 1.29 is 18.3 Å². The van der Waals surface area contributed by atoms with E-state index in [2.05, 4.69) is 0 Å². The molecule has 0 saturated heterocycles. The first-order chi connectivity index (χ1) is 7.08. The average Bonchev–Trinajstić information content (AvgIpc) is 2.23. The van der Waals surface area contributed by atoms with Crippen LogP contribution in [0.1, 0.15) is 30.5 Å². The molecule has 15 heavy (non-hydrogen) atoms. The quantitative estimate of drug-likeness (QED) is 0.773. The monoisotopic (exact) mass is 218 g/mol. The van der Waals surface area contributed by atoms with E-state index < -0.39 is 29.6 Å². The zero-order valence-corrected chi connectivity index (χ0v) is 8.70. The molecule has 0 spiro atoms. The fourth-order valence-corrected chi connectivity index (χ4v) is 1.68. The Morgan fingerprint density at radius 2 is 1.20 bits per heavy atom. The SMILES string of the molecule is CCc1c(F)c(F)c(CO)c(F)c1CC. The van der Waals surface area contributed by atoms with E-state index >= 15 is 0 Å². The van der Waals surface area contributed by atoms with Crippen LogP contribution in [0.25, 0.3) is 0 Å². The van der Waals surface area contributed by atoms with Gasteiger partial charge in [-0.2, -0.15) is 0 Å². The molecule has 0 unspecified atom stereocenters. The first kappa shape index (κ1) is 12.0. The third-order valence-electron chi connectivity index (χ3n) is 2.48. The summed E-state index contributed by atoms with van der Waals surface area (Å²) in [6.45, 7) is 2.47. The van der Waals surface area contributed by atoms with Gasteiger partial charge < -0.3 is 5.11 Å². The zero-order valence-electron chi connectivity index (χ0n) is 8.70. The standard InChI is InChI=1S/C11H13F3O/c1-3-6-7(4-2)10(13)11(14)8(5-15)9(6)12/h15H,3-5H2,1-2H3. The van der Waals surface area contributed by atoms with Crippen molar-refractivity contribution >= 4 is 0 Å². The maximum atomic E-state index is 13.6. The first-order valence-electron chi connectivity index (χ1n) is 4.86. The molecule has 1 aromatic rings. The molecule has 1 aromatic carbocycles. The Kier molecular flexibility index (Phi) is 3.74. The Balaban J connectivity index is 3.57. The van der Waals surface area contributed by atoms with Gasteiger partial charge in [0.2, 0.25) is 0 Å². The molecule has 0 saturated carbocycles. The molecule has 0 amide bonds. The lowest BCUT2D eigenvalue weighted by atomic mass is 9.98. The number of halogens is 3. The van der Waals surface area contributed by atoms with E-state index in [-0.39, 0.29) is 24.0 Å². The Labute approximate surface area is 86.5 Å². The summed E-state index contributed by atoms with van der Waals surface area (Å²) in [5.74, 6) is -3.14. The van der Waals surface area contributed by atoms with Crippen molar-refractivity contribution in [2.45, 2.75) is 33.3 Å². The number of hydrogen-bond donors (Lipinski definition) is 1. The minimum atomic E-state index is -1.27. The summed E-state index contributed by atoms with van der Waals surface area (Å²) in [6, 6.07) is 0. The van der Waals surface area contributed by atoms with E-state index in [4.69, 9.17) is 5.11 Å². The molecule has 4 heteroatoms. The Morgan fingerprint density at radius 3 is 1.60 bits per heavy atom. The van der Waals surface area contributed by atoms with Gasteiger partial charge in [0, 0.05) is 0 Å². The summed E-state index contributed by atoms with van der Waals surface area (Å²) in [5.41, 5.74) is -0.369. The van der Waals surface area contributed by atoms with Gasteiger partial charge in [-0.1, -0.05) is 13.8 Å². The summed E-state index contributed by atoms with van der Waals surface area (Å²) >= 11 is 0.